The lowest BCUT2D eigenvalue weighted by atomic mass is 10.0. The minimum absolute atomic E-state index is 0.171. The van der Waals surface area contributed by atoms with Crippen LogP contribution >= 0.6 is 0 Å². The maximum Gasteiger partial charge on any atom is 0.408 e. The van der Waals surface area contributed by atoms with Crippen LogP contribution in [-0.2, 0) is 9.53 Å². The van der Waals surface area contributed by atoms with E-state index in [0.29, 0.717) is 0 Å². The number of ether oxygens (including phenoxy) is 1. The van der Waals surface area contributed by atoms with Crippen molar-refractivity contribution in [3.05, 3.63) is 0 Å². The highest BCUT2D eigenvalue weighted by molar-refractivity contribution is 5.88. The molecule has 94 valence electrons. The summed E-state index contributed by atoms with van der Waals surface area (Å²) in [6.45, 7) is 7.53. The van der Waals surface area contributed by atoms with Crippen molar-refractivity contribution in [2.24, 2.45) is 5.92 Å². The molecule has 0 aliphatic carbocycles. The van der Waals surface area contributed by atoms with Gasteiger partial charge in [0.1, 0.15) is 12.3 Å². The zero-order valence-corrected chi connectivity index (χ0v) is 10.5. The average Bonchev–Trinajstić information content (AvgIpc) is 2.09. The van der Waals surface area contributed by atoms with Gasteiger partial charge in [-0.25, -0.2) is 9.18 Å². The van der Waals surface area contributed by atoms with Gasteiger partial charge in [0.2, 0.25) is 0 Å². The Kier molecular flexibility index (Phi) is 5.41. The molecule has 4 nitrogen and oxygen atoms in total. The number of amides is 1. The summed E-state index contributed by atoms with van der Waals surface area (Å²) in [6, 6.07) is -0.833. The van der Waals surface area contributed by atoms with Crippen LogP contribution < -0.4 is 5.32 Å². The smallest absolute Gasteiger partial charge is 0.408 e. The van der Waals surface area contributed by atoms with E-state index in [-0.39, 0.29) is 5.92 Å². The predicted molar refractivity (Wildman–Crippen MR) is 59.0 cm³/mol. The van der Waals surface area contributed by atoms with E-state index in [1.165, 1.54) is 0 Å². The highest BCUT2D eigenvalue weighted by Crippen LogP contribution is 2.09. The Morgan fingerprint density at radius 1 is 1.31 bits per heavy atom. The van der Waals surface area contributed by atoms with Crippen LogP contribution in [0.5, 0.6) is 0 Å². The lowest BCUT2D eigenvalue weighted by Crippen LogP contribution is -2.47. The quantitative estimate of drug-likeness (QED) is 0.808. The minimum atomic E-state index is -1.08. The Hall–Kier alpha value is -1.13. The molecule has 0 heterocycles. The molecule has 1 atom stereocenters. The number of carbonyl (C=O) groups is 2. The molecule has 0 fully saturated rings. The number of alkyl carbamates (subject to hydrolysis) is 1. The third-order valence-electron chi connectivity index (χ3n) is 1.82. The third-order valence-corrected chi connectivity index (χ3v) is 1.82. The maximum atomic E-state index is 12.2. The second-order valence-corrected chi connectivity index (χ2v) is 4.97. The van der Waals surface area contributed by atoms with E-state index in [9.17, 15) is 14.0 Å². The first kappa shape index (κ1) is 14.9. The zero-order chi connectivity index (χ0) is 12.9. The normalized spacial score (nSPS) is 13.4. The molecule has 1 unspecified atom stereocenters. The standard InChI is InChI=1S/C11H20FNO3/c1-7(2)9(8(14)6-12)13-10(15)16-11(3,4)5/h7,9H,6H2,1-5H3,(H,13,15). The molecule has 0 aromatic heterocycles. The summed E-state index contributed by atoms with van der Waals surface area (Å²) in [5.74, 6) is -0.809. The van der Waals surface area contributed by atoms with Gasteiger partial charge in [-0.1, -0.05) is 13.8 Å². The summed E-state index contributed by atoms with van der Waals surface area (Å²) in [7, 11) is 0. The van der Waals surface area contributed by atoms with E-state index in [0.717, 1.165) is 0 Å². The van der Waals surface area contributed by atoms with Gasteiger partial charge in [0.15, 0.2) is 5.78 Å². The molecule has 0 bridgehead atoms. The molecule has 1 N–H and O–H groups in total. The van der Waals surface area contributed by atoms with Gasteiger partial charge in [-0.3, -0.25) is 4.79 Å². The summed E-state index contributed by atoms with van der Waals surface area (Å²) in [5, 5.41) is 2.37. The van der Waals surface area contributed by atoms with Gasteiger partial charge in [-0.2, -0.15) is 0 Å². The third kappa shape index (κ3) is 5.68. The monoisotopic (exact) mass is 233 g/mol. The van der Waals surface area contributed by atoms with Gasteiger partial charge in [0, 0.05) is 0 Å². The van der Waals surface area contributed by atoms with Crippen LogP contribution in [0.1, 0.15) is 34.6 Å². The summed E-state index contributed by atoms with van der Waals surface area (Å²) in [5.41, 5.74) is -0.635. The summed E-state index contributed by atoms with van der Waals surface area (Å²) < 4.78 is 17.2. The SMILES string of the molecule is CC(C)C(NC(=O)OC(C)(C)C)C(=O)CF. The average molecular weight is 233 g/mol. The van der Waals surface area contributed by atoms with E-state index < -0.39 is 30.2 Å². The summed E-state index contributed by atoms with van der Waals surface area (Å²) in [6.07, 6.45) is -0.701. The molecule has 0 spiro atoms. The summed E-state index contributed by atoms with van der Waals surface area (Å²) in [4.78, 5) is 22.6. The summed E-state index contributed by atoms with van der Waals surface area (Å²) >= 11 is 0. The number of hydrogen-bond donors (Lipinski definition) is 1. The van der Waals surface area contributed by atoms with Crippen molar-refractivity contribution >= 4 is 11.9 Å². The van der Waals surface area contributed by atoms with E-state index in [2.05, 4.69) is 5.32 Å². The molecule has 0 aromatic carbocycles. The number of rotatable bonds is 4. The van der Waals surface area contributed by atoms with Crippen molar-refractivity contribution in [1.29, 1.82) is 0 Å². The molecule has 0 rings (SSSR count). The van der Waals surface area contributed by atoms with E-state index >= 15 is 0 Å². The van der Waals surface area contributed by atoms with Crippen molar-refractivity contribution < 1.29 is 18.7 Å². The Morgan fingerprint density at radius 3 is 2.12 bits per heavy atom. The molecule has 16 heavy (non-hydrogen) atoms. The van der Waals surface area contributed by atoms with Crippen LogP contribution in [0.15, 0.2) is 0 Å². The highest BCUT2D eigenvalue weighted by Gasteiger charge is 2.26. The fraction of sp³-hybridized carbons (Fsp3) is 0.818. The molecule has 1 amide bonds. The molecule has 0 aromatic rings. The largest absolute Gasteiger partial charge is 0.444 e. The number of alkyl halides is 1. The van der Waals surface area contributed by atoms with E-state index in [1.54, 1.807) is 34.6 Å². The Labute approximate surface area is 95.5 Å². The Morgan fingerprint density at radius 2 is 1.81 bits per heavy atom. The highest BCUT2D eigenvalue weighted by atomic mass is 19.1. The first-order valence-corrected chi connectivity index (χ1v) is 5.25. The van der Waals surface area contributed by atoms with Gasteiger partial charge in [-0.15, -0.1) is 0 Å². The van der Waals surface area contributed by atoms with Gasteiger partial charge >= 0.3 is 6.09 Å². The van der Waals surface area contributed by atoms with Crippen molar-refractivity contribution in [3.8, 4) is 0 Å². The topological polar surface area (TPSA) is 55.4 Å². The number of ketones is 1. The fourth-order valence-electron chi connectivity index (χ4n) is 1.14. The second-order valence-electron chi connectivity index (χ2n) is 4.97. The van der Waals surface area contributed by atoms with Gasteiger partial charge in [-0.05, 0) is 26.7 Å². The van der Waals surface area contributed by atoms with Crippen LogP contribution in [0.3, 0.4) is 0 Å². The van der Waals surface area contributed by atoms with E-state index in [1.807, 2.05) is 0 Å². The van der Waals surface area contributed by atoms with Crippen molar-refractivity contribution in [2.75, 3.05) is 6.67 Å². The van der Waals surface area contributed by atoms with Crippen molar-refractivity contribution in [2.45, 2.75) is 46.3 Å². The van der Waals surface area contributed by atoms with Crippen LogP contribution in [0.25, 0.3) is 0 Å². The van der Waals surface area contributed by atoms with Crippen LogP contribution in [0.2, 0.25) is 0 Å². The van der Waals surface area contributed by atoms with Gasteiger partial charge in [0.25, 0.3) is 0 Å². The Bertz CT molecular complexity index is 258. The molecular formula is C11H20FNO3. The molecule has 5 heteroatoms. The minimum Gasteiger partial charge on any atom is -0.444 e. The van der Waals surface area contributed by atoms with E-state index in [4.69, 9.17) is 4.74 Å². The predicted octanol–water partition coefficient (Wildman–Crippen LogP) is 2.07. The van der Waals surface area contributed by atoms with Crippen LogP contribution in [0, 0.1) is 5.92 Å². The van der Waals surface area contributed by atoms with Crippen molar-refractivity contribution in [1.82, 2.24) is 5.32 Å². The Balaban J connectivity index is 4.42. The fourth-order valence-corrected chi connectivity index (χ4v) is 1.14. The van der Waals surface area contributed by atoms with Gasteiger partial charge < -0.3 is 10.1 Å². The first-order chi connectivity index (χ1) is 7.17. The molecule has 0 saturated heterocycles. The lowest BCUT2D eigenvalue weighted by Gasteiger charge is -2.24. The first-order valence-electron chi connectivity index (χ1n) is 5.25. The maximum absolute atomic E-state index is 12.2. The number of hydrogen-bond acceptors (Lipinski definition) is 3. The second kappa shape index (κ2) is 5.82. The number of carbonyl (C=O) groups excluding carboxylic acids is 2. The van der Waals surface area contributed by atoms with Gasteiger partial charge in [0.05, 0.1) is 6.04 Å². The van der Waals surface area contributed by atoms with Crippen LogP contribution in [0.4, 0.5) is 9.18 Å². The number of halogens is 1. The molecule has 0 radical (unpaired) electrons. The zero-order valence-electron chi connectivity index (χ0n) is 10.5. The number of Topliss-reactive ketones (excluding diaryl/α,β-unsaturated/α-hetero) is 1. The molecule has 0 saturated carbocycles. The number of nitrogens with one attached hydrogen (secondary N) is 1. The van der Waals surface area contributed by atoms with Crippen LogP contribution in [-0.4, -0.2) is 30.2 Å². The van der Waals surface area contributed by atoms with Crippen molar-refractivity contribution in [3.63, 3.8) is 0 Å². The molecule has 0 aliphatic heterocycles. The molecule has 0 aliphatic rings. The lowest BCUT2D eigenvalue weighted by molar-refractivity contribution is -0.122. The molecular weight excluding hydrogens is 213 g/mol.